The zero-order valence-corrected chi connectivity index (χ0v) is 15.9. The molecule has 130 valence electrons. The maximum atomic E-state index is 9.46. The van der Waals surface area contributed by atoms with E-state index >= 15 is 0 Å². The minimum absolute atomic E-state index is 0. The third-order valence-corrected chi connectivity index (χ3v) is 3.83. The number of methoxy groups -OCH3 is 1. The number of aliphatic hydroxyl groups excluding tert-OH is 1. The SMILES string of the molecule is COc1ccc(NC(N)=NCCCN2CCC(O)CC2)cc1.I. The van der Waals surface area contributed by atoms with Crippen molar-refractivity contribution in [1.29, 1.82) is 0 Å². The molecule has 6 nitrogen and oxygen atoms in total. The quantitative estimate of drug-likeness (QED) is 0.276. The Morgan fingerprint density at radius 2 is 2.00 bits per heavy atom. The van der Waals surface area contributed by atoms with Crippen molar-refractivity contribution >= 4 is 35.6 Å². The number of piperidine rings is 1. The minimum Gasteiger partial charge on any atom is -0.497 e. The first kappa shape index (κ1) is 20.0. The molecule has 0 aromatic heterocycles. The predicted octanol–water partition coefficient (Wildman–Crippen LogP) is 1.89. The Morgan fingerprint density at radius 3 is 2.61 bits per heavy atom. The lowest BCUT2D eigenvalue weighted by molar-refractivity contribution is 0.0824. The van der Waals surface area contributed by atoms with Crippen LogP contribution in [0.5, 0.6) is 5.75 Å². The number of likely N-dealkylation sites (tertiary alicyclic amines) is 1. The van der Waals surface area contributed by atoms with Crippen LogP contribution in [0.3, 0.4) is 0 Å². The van der Waals surface area contributed by atoms with Gasteiger partial charge in [-0.3, -0.25) is 4.99 Å². The second-order valence-corrected chi connectivity index (χ2v) is 5.55. The molecule has 0 bridgehead atoms. The summed E-state index contributed by atoms with van der Waals surface area (Å²) in [6, 6.07) is 7.56. The van der Waals surface area contributed by atoms with Crippen molar-refractivity contribution in [3.05, 3.63) is 24.3 Å². The Morgan fingerprint density at radius 1 is 1.35 bits per heavy atom. The summed E-state index contributed by atoms with van der Waals surface area (Å²) in [7, 11) is 1.64. The lowest BCUT2D eigenvalue weighted by atomic mass is 10.1. The average Bonchev–Trinajstić information content (AvgIpc) is 2.54. The number of hydrogen-bond acceptors (Lipinski definition) is 4. The van der Waals surface area contributed by atoms with Crippen molar-refractivity contribution in [3.63, 3.8) is 0 Å². The Hall–Kier alpha value is -1.06. The van der Waals surface area contributed by atoms with Gasteiger partial charge in [-0.25, -0.2) is 0 Å². The lowest BCUT2D eigenvalue weighted by Crippen LogP contribution is -2.36. The molecule has 1 aromatic rings. The maximum Gasteiger partial charge on any atom is 0.193 e. The van der Waals surface area contributed by atoms with Crippen molar-refractivity contribution < 1.29 is 9.84 Å². The van der Waals surface area contributed by atoms with Crippen LogP contribution in [-0.4, -0.2) is 55.4 Å². The second-order valence-electron chi connectivity index (χ2n) is 5.55. The summed E-state index contributed by atoms with van der Waals surface area (Å²) in [5, 5.41) is 12.5. The molecule has 0 spiro atoms. The van der Waals surface area contributed by atoms with Crippen LogP contribution in [0, 0.1) is 0 Å². The van der Waals surface area contributed by atoms with Crippen LogP contribution in [0.25, 0.3) is 0 Å². The highest BCUT2D eigenvalue weighted by Crippen LogP contribution is 2.14. The van der Waals surface area contributed by atoms with E-state index in [1.54, 1.807) is 7.11 Å². The van der Waals surface area contributed by atoms with Crippen LogP contribution in [0.2, 0.25) is 0 Å². The molecule has 23 heavy (non-hydrogen) atoms. The van der Waals surface area contributed by atoms with Crippen LogP contribution < -0.4 is 15.8 Å². The number of rotatable bonds is 6. The summed E-state index contributed by atoms with van der Waals surface area (Å²) in [5.74, 6) is 1.24. The van der Waals surface area contributed by atoms with Crippen molar-refractivity contribution in [1.82, 2.24) is 4.90 Å². The monoisotopic (exact) mass is 434 g/mol. The number of hydrogen-bond donors (Lipinski definition) is 3. The lowest BCUT2D eigenvalue weighted by Gasteiger charge is -2.29. The molecule has 0 aliphatic carbocycles. The van der Waals surface area contributed by atoms with Gasteiger partial charge in [0, 0.05) is 25.3 Å². The fourth-order valence-corrected chi connectivity index (χ4v) is 2.50. The molecule has 0 radical (unpaired) electrons. The Kier molecular flexibility index (Phi) is 9.27. The van der Waals surface area contributed by atoms with E-state index in [0.29, 0.717) is 12.5 Å². The number of nitrogens with one attached hydrogen (secondary N) is 1. The molecule has 4 N–H and O–H groups in total. The third kappa shape index (κ3) is 7.36. The highest BCUT2D eigenvalue weighted by molar-refractivity contribution is 14.0. The van der Waals surface area contributed by atoms with E-state index in [2.05, 4.69) is 15.2 Å². The predicted molar refractivity (Wildman–Crippen MR) is 105 cm³/mol. The molecule has 1 fully saturated rings. The van der Waals surface area contributed by atoms with Crippen LogP contribution >= 0.6 is 24.0 Å². The number of nitrogens with zero attached hydrogens (tertiary/aromatic N) is 2. The molecule has 1 heterocycles. The van der Waals surface area contributed by atoms with Gasteiger partial charge in [0.15, 0.2) is 5.96 Å². The average molecular weight is 434 g/mol. The largest absolute Gasteiger partial charge is 0.497 e. The number of halogens is 1. The van der Waals surface area contributed by atoms with E-state index < -0.39 is 0 Å². The van der Waals surface area contributed by atoms with Crippen LogP contribution in [0.15, 0.2) is 29.3 Å². The summed E-state index contributed by atoms with van der Waals surface area (Å²) in [6.45, 7) is 3.66. The highest BCUT2D eigenvalue weighted by Gasteiger charge is 2.15. The number of ether oxygens (including phenoxy) is 1. The second kappa shape index (κ2) is 10.7. The van der Waals surface area contributed by atoms with E-state index in [0.717, 1.165) is 50.3 Å². The molecule has 0 unspecified atom stereocenters. The van der Waals surface area contributed by atoms with Crippen LogP contribution in [-0.2, 0) is 0 Å². The third-order valence-electron chi connectivity index (χ3n) is 3.83. The summed E-state index contributed by atoms with van der Waals surface area (Å²) in [6.07, 6.45) is 2.62. The molecule has 0 amide bonds. The summed E-state index contributed by atoms with van der Waals surface area (Å²) in [4.78, 5) is 6.71. The minimum atomic E-state index is -0.112. The van der Waals surface area contributed by atoms with E-state index in [-0.39, 0.29) is 30.1 Å². The molecular formula is C16H27IN4O2. The van der Waals surface area contributed by atoms with Gasteiger partial charge in [-0.05, 0) is 50.1 Å². The normalized spacial score (nSPS) is 16.7. The first-order chi connectivity index (χ1) is 10.7. The van der Waals surface area contributed by atoms with Gasteiger partial charge < -0.3 is 25.8 Å². The maximum absolute atomic E-state index is 9.46. The number of aliphatic imine (C=N–C) groups is 1. The van der Waals surface area contributed by atoms with Gasteiger partial charge in [0.05, 0.1) is 13.2 Å². The van der Waals surface area contributed by atoms with Gasteiger partial charge in [-0.1, -0.05) is 0 Å². The molecular weight excluding hydrogens is 407 g/mol. The molecule has 1 aliphatic heterocycles. The van der Waals surface area contributed by atoms with Gasteiger partial charge in [0.25, 0.3) is 0 Å². The first-order valence-corrected chi connectivity index (χ1v) is 7.79. The fraction of sp³-hybridized carbons (Fsp3) is 0.562. The Bertz CT molecular complexity index is 473. The molecule has 1 aromatic carbocycles. The number of benzene rings is 1. The molecule has 7 heteroatoms. The van der Waals surface area contributed by atoms with Gasteiger partial charge in [-0.15, -0.1) is 24.0 Å². The van der Waals surface area contributed by atoms with Crippen molar-refractivity contribution in [2.24, 2.45) is 10.7 Å². The summed E-state index contributed by atoms with van der Waals surface area (Å²) in [5.41, 5.74) is 6.77. The number of guanidine groups is 1. The standard InChI is InChI=1S/C16H26N4O2.HI/c1-22-15-5-3-13(4-6-15)19-16(17)18-9-2-10-20-11-7-14(21)8-12-20;/h3-6,14,21H,2,7-12H2,1H3,(H3,17,18,19);1H. The Labute approximate surface area is 155 Å². The summed E-state index contributed by atoms with van der Waals surface area (Å²) < 4.78 is 5.11. The smallest absolute Gasteiger partial charge is 0.193 e. The van der Waals surface area contributed by atoms with Gasteiger partial charge in [-0.2, -0.15) is 0 Å². The van der Waals surface area contributed by atoms with E-state index in [4.69, 9.17) is 10.5 Å². The Balaban J connectivity index is 0.00000264. The number of anilines is 1. The van der Waals surface area contributed by atoms with Crippen LogP contribution in [0.4, 0.5) is 5.69 Å². The van der Waals surface area contributed by atoms with Gasteiger partial charge in [0.2, 0.25) is 0 Å². The molecule has 0 saturated carbocycles. The summed E-state index contributed by atoms with van der Waals surface area (Å²) >= 11 is 0. The topological polar surface area (TPSA) is 83.1 Å². The molecule has 2 rings (SSSR count). The van der Waals surface area contributed by atoms with Crippen molar-refractivity contribution in [2.45, 2.75) is 25.4 Å². The number of aliphatic hydroxyl groups is 1. The number of nitrogens with two attached hydrogens (primary N) is 1. The van der Waals surface area contributed by atoms with Crippen LogP contribution in [0.1, 0.15) is 19.3 Å². The molecule has 0 atom stereocenters. The zero-order valence-electron chi connectivity index (χ0n) is 13.6. The molecule has 1 saturated heterocycles. The zero-order chi connectivity index (χ0) is 15.8. The molecule has 1 aliphatic rings. The van der Waals surface area contributed by atoms with E-state index in [9.17, 15) is 5.11 Å². The fourth-order valence-electron chi connectivity index (χ4n) is 2.50. The van der Waals surface area contributed by atoms with Crippen molar-refractivity contribution in [3.8, 4) is 5.75 Å². The highest BCUT2D eigenvalue weighted by atomic mass is 127. The van der Waals surface area contributed by atoms with E-state index in [1.165, 1.54) is 0 Å². The van der Waals surface area contributed by atoms with Gasteiger partial charge >= 0.3 is 0 Å². The van der Waals surface area contributed by atoms with Crippen molar-refractivity contribution in [2.75, 3.05) is 38.6 Å². The van der Waals surface area contributed by atoms with Gasteiger partial charge in [0.1, 0.15) is 5.75 Å². The van der Waals surface area contributed by atoms with E-state index in [1.807, 2.05) is 24.3 Å². The first-order valence-electron chi connectivity index (χ1n) is 7.79.